The van der Waals surface area contributed by atoms with E-state index in [4.69, 9.17) is 4.74 Å². The zero-order valence-electron chi connectivity index (χ0n) is 17.2. The molecule has 0 radical (unpaired) electrons. The molecule has 2 amide bonds. The van der Waals surface area contributed by atoms with Crippen molar-refractivity contribution < 1.29 is 32.6 Å². The maximum absolute atomic E-state index is 13.9. The molecule has 1 aliphatic rings. The highest BCUT2D eigenvalue weighted by Gasteiger charge is 2.66. The maximum Gasteiger partial charge on any atom is 0.437 e. The van der Waals surface area contributed by atoms with Crippen molar-refractivity contribution in [1.29, 1.82) is 0 Å². The molecule has 0 aliphatic carbocycles. The molecule has 3 N–H and O–H groups in total. The number of carbonyl (C=O) groups excluding carboxylic acids is 2. The molecule has 3 rings (SSSR count). The van der Waals surface area contributed by atoms with Crippen molar-refractivity contribution in [2.45, 2.75) is 37.7 Å². The second-order valence-corrected chi connectivity index (χ2v) is 7.73. The van der Waals surface area contributed by atoms with Crippen LogP contribution in [0.15, 0.2) is 48.5 Å². The van der Waals surface area contributed by atoms with E-state index >= 15 is 0 Å². The van der Waals surface area contributed by atoms with Gasteiger partial charge in [-0.15, -0.1) is 0 Å². The van der Waals surface area contributed by atoms with Gasteiger partial charge >= 0.3 is 12.2 Å². The molecule has 2 aromatic rings. The number of halogens is 3. The molecule has 166 valence electrons. The SMILES string of the molecule is COc1ccc(C(=O)[C@@H]2[C@@H](c3ccc(C(C)C)cc3)NC(=O)N[C@@]2(O)C(F)(F)F)cc1. The van der Waals surface area contributed by atoms with Gasteiger partial charge in [0.2, 0.25) is 5.72 Å². The number of urea groups is 1. The van der Waals surface area contributed by atoms with Crippen LogP contribution in [0.2, 0.25) is 0 Å². The number of aliphatic hydroxyl groups is 1. The van der Waals surface area contributed by atoms with Gasteiger partial charge in [0.25, 0.3) is 0 Å². The van der Waals surface area contributed by atoms with E-state index in [-0.39, 0.29) is 17.0 Å². The Morgan fingerprint density at radius 2 is 1.68 bits per heavy atom. The molecule has 0 unspecified atom stereocenters. The Morgan fingerprint density at radius 1 is 1.10 bits per heavy atom. The average molecular weight is 436 g/mol. The number of methoxy groups -OCH3 is 1. The fourth-order valence-electron chi connectivity index (χ4n) is 3.64. The van der Waals surface area contributed by atoms with Crippen LogP contribution in [0.1, 0.15) is 47.3 Å². The largest absolute Gasteiger partial charge is 0.497 e. The molecular formula is C22H23F3N2O4. The normalized spacial score (nSPS) is 23.8. The van der Waals surface area contributed by atoms with Gasteiger partial charge in [0, 0.05) is 5.56 Å². The Morgan fingerprint density at radius 3 is 2.16 bits per heavy atom. The Labute approximate surface area is 177 Å². The van der Waals surface area contributed by atoms with Crippen molar-refractivity contribution in [2.75, 3.05) is 7.11 Å². The van der Waals surface area contributed by atoms with E-state index in [0.29, 0.717) is 5.75 Å². The fourth-order valence-corrected chi connectivity index (χ4v) is 3.64. The maximum atomic E-state index is 13.9. The number of Topliss-reactive ketones (excluding diaryl/α,β-unsaturated/α-hetero) is 1. The second-order valence-electron chi connectivity index (χ2n) is 7.73. The first-order chi connectivity index (χ1) is 14.5. The number of nitrogens with one attached hydrogen (secondary N) is 2. The van der Waals surface area contributed by atoms with Crippen molar-refractivity contribution in [3.63, 3.8) is 0 Å². The summed E-state index contributed by atoms with van der Waals surface area (Å²) in [4.78, 5) is 25.3. The predicted octanol–water partition coefficient (Wildman–Crippen LogP) is 3.92. The molecule has 3 atom stereocenters. The van der Waals surface area contributed by atoms with E-state index in [1.54, 1.807) is 24.3 Å². The summed E-state index contributed by atoms with van der Waals surface area (Å²) in [7, 11) is 1.41. The third-order valence-corrected chi connectivity index (χ3v) is 5.43. The number of hydrogen-bond acceptors (Lipinski definition) is 4. The smallest absolute Gasteiger partial charge is 0.437 e. The minimum absolute atomic E-state index is 0.0600. The lowest BCUT2D eigenvalue weighted by Gasteiger charge is -2.45. The fraction of sp³-hybridized carbons (Fsp3) is 0.364. The Kier molecular flexibility index (Phi) is 6.00. The number of alkyl halides is 3. The summed E-state index contributed by atoms with van der Waals surface area (Å²) >= 11 is 0. The van der Waals surface area contributed by atoms with Crippen LogP contribution < -0.4 is 15.4 Å². The molecular weight excluding hydrogens is 413 g/mol. The van der Waals surface area contributed by atoms with Crippen LogP contribution in [-0.4, -0.2) is 35.9 Å². The molecule has 2 aromatic carbocycles. The van der Waals surface area contributed by atoms with E-state index in [1.807, 2.05) is 13.8 Å². The van der Waals surface area contributed by atoms with Crippen molar-refractivity contribution >= 4 is 11.8 Å². The first-order valence-corrected chi connectivity index (χ1v) is 9.64. The van der Waals surface area contributed by atoms with Crippen LogP contribution in [-0.2, 0) is 0 Å². The van der Waals surface area contributed by atoms with Gasteiger partial charge in [-0.25, -0.2) is 4.79 Å². The highest BCUT2D eigenvalue weighted by atomic mass is 19.4. The van der Waals surface area contributed by atoms with E-state index in [0.717, 1.165) is 5.56 Å². The Hall–Kier alpha value is -3.07. The molecule has 1 fully saturated rings. The first-order valence-electron chi connectivity index (χ1n) is 9.64. The van der Waals surface area contributed by atoms with Gasteiger partial charge in [0.05, 0.1) is 13.2 Å². The molecule has 0 bridgehead atoms. The van der Waals surface area contributed by atoms with Gasteiger partial charge in [-0.05, 0) is 41.3 Å². The average Bonchev–Trinajstić information content (AvgIpc) is 2.72. The summed E-state index contributed by atoms with van der Waals surface area (Å²) in [5, 5.41) is 14.5. The van der Waals surface area contributed by atoms with Gasteiger partial charge in [-0.3, -0.25) is 4.79 Å². The topological polar surface area (TPSA) is 87.7 Å². The minimum Gasteiger partial charge on any atom is -0.497 e. The lowest BCUT2D eigenvalue weighted by Crippen LogP contribution is -2.72. The number of benzene rings is 2. The first kappa shape index (κ1) is 22.6. The number of ether oxygens (including phenoxy) is 1. The summed E-state index contributed by atoms with van der Waals surface area (Å²) in [5.74, 6) is -2.45. The lowest BCUT2D eigenvalue weighted by molar-refractivity contribution is -0.287. The molecule has 0 aromatic heterocycles. The monoisotopic (exact) mass is 436 g/mol. The van der Waals surface area contributed by atoms with Crippen molar-refractivity contribution in [3.05, 3.63) is 65.2 Å². The Bertz CT molecular complexity index is 958. The Balaban J connectivity index is 2.11. The van der Waals surface area contributed by atoms with Crippen molar-refractivity contribution in [3.8, 4) is 5.75 Å². The van der Waals surface area contributed by atoms with Crippen LogP contribution >= 0.6 is 0 Å². The van der Waals surface area contributed by atoms with Crippen molar-refractivity contribution in [1.82, 2.24) is 10.6 Å². The summed E-state index contributed by atoms with van der Waals surface area (Å²) in [5.41, 5.74) is -2.61. The highest BCUT2D eigenvalue weighted by Crippen LogP contribution is 2.44. The molecule has 0 spiro atoms. The lowest BCUT2D eigenvalue weighted by atomic mass is 9.77. The zero-order valence-corrected chi connectivity index (χ0v) is 17.2. The molecule has 9 heteroatoms. The molecule has 6 nitrogen and oxygen atoms in total. The van der Waals surface area contributed by atoms with Crippen LogP contribution in [0.4, 0.5) is 18.0 Å². The number of carbonyl (C=O) groups is 2. The summed E-state index contributed by atoms with van der Waals surface area (Å²) in [6.45, 7) is 3.92. The number of hydrogen-bond donors (Lipinski definition) is 3. The van der Waals surface area contributed by atoms with E-state index in [2.05, 4.69) is 5.32 Å². The quantitative estimate of drug-likeness (QED) is 0.620. The second kappa shape index (κ2) is 8.22. The highest BCUT2D eigenvalue weighted by molar-refractivity contribution is 6.00. The predicted molar refractivity (Wildman–Crippen MR) is 107 cm³/mol. The summed E-state index contributed by atoms with van der Waals surface area (Å²) in [6.07, 6.45) is -5.30. The van der Waals surface area contributed by atoms with Crippen LogP contribution in [0.25, 0.3) is 0 Å². The summed E-state index contributed by atoms with van der Waals surface area (Å²) < 4.78 is 46.8. The number of amides is 2. The standard InChI is InChI=1S/C22H23F3N2O4/c1-12(2)13-4-6-14(7-5-13)18-17(19(28)15-8-10-16(31-3)11-9-15)21(30,22(23,24)25)27-20(29)26-18/h4-12,17-18,30H,1-3H3,(H2,26,27,29)/t17-,18+,21-/m0/s1. The van der Waals surface area contributed by atoms with Crippen LogP contribution in [0.5, 0.6) is 5.75 Å². The van der Waals surface area contributed by atoms with Gasteiger partial charge in [-0.2, -0.15) is 13.2 Å². The third-order valence-electron chi connectivity index (χ3n) is 5.43. The van der Waals surface area contributed by atoms with Gasteiger partial charge in [0.1, 0.15) is 11.7 Å². The third kappa shape index (κ3) is 4.23. The summed E-state index contributed by atoms with van der Waals surface area (Å²) in [6, 6.07) is 9.40. The van der Waals surface area contributed by atoms with Gasteiger partial charge < -0.3 is 20.5 Å². The van der Waals surface area contributed by atoms with Gasteiger partial charge in [0.15, 0.2) is 5.78 Å². The molecule has 31 heavy (non-hydrogen) atoms. The van der Waals surface area contributed by atoms with E-state index in [1.165, 1.54) is 36.7 Å². The van der Waals surface area contributed by atoms with Crippen LogP contribution in [0.3, 0.4) is 0 Å². The van der Waals surface area contributed by atoms with Crippen LogP contribution in [0, 0.1) is 5.92 Å². The number of ketones is 1. The molecule has 1 saturated heterocycles. The molecule has 1 heterocycles. The zero-order chi connectivity index (χ0) is 23.0. The van der Waals surface area contributed by atoms with Gasteiger partial charge in [-0.1, -0.05) is 38.1 Å². The number of rotatable bonds is 5. The minimum atomic E-state index is -5.30. The van der Waals surface area contributed by atoms with Crippen molar-refractivity contribution in [2.24, 2.45) is 5.92 Å². The molecule has 0 saturated carbocycles. The van der Waals surface area contributed by atoms with E-state index in [9.17, 15) is 27.9 Å². The van der Waals surface area contributed by atoms with E-state index < -0.39 is 35.7 Å². The molecule has 1 aliphatic heterocycles.